The third kappa shape index (κ3) is 2.03. The standard InChI is InChI=1S/C10H8BrF3O/c11-6-1-2-7(9(15)3-4-9)8(5-6)10(12,13)14/h1-2,5,15H,3-4H2. The first-order valence-electron chi connectivity index (χ1n) is 4.42. The third-order valence-corrected chi connectivity index (χ3v) is 3.01. The van der Waals surface area contributed by atoms with Crippen molar-refractivity contribution in [1.29, 1.82) is 0 Å². The van der Waals surface area contributed by atoms with Gasteiger partial charge in [0, 0.05) is 4.47 Å². The van der Waals surface area contributed by atoms with Crippen molar-refractivity contribution >= 4 is 15.9 Å². The van der Waals surface area contributed by atoms with E-state index >= 15 is 0 Å². The van der Waals surface area contributed by atoms with E-state index in [9.17, 15) is 18.3 Å². The van der Waals surface area contributed by atoms with Gasteiger partial charge in [-0.1, -0.05) is 22.0 Å². The molecule has 1 fully saturated rings. The fourth-order valence-corrected chi connectivity index (χ4v) is 1.91. The van der Waals surface area contributed by atoms with E-state index in [4.69, 9.17) is 0 Å². The lowest BCUT2D eigenvalue weighted by molar-refractivity contribution is -0.139. The SMILES string of the molecule is OC1(c2ccc(Br)cc2C(F)(F)F)CC1. The molecule has 0 bridgehead atoms. The Morgan fingerprint density at radius 3 is 2.33 bits per heavy atom. The van der Waals surface area contributed by atoms with Gasteiger partial charge in [0.05, 0.1) is 11.2 Å². The van der Waals surface area contributed by atoms with Crippen molar-refractivity contribution in [2.24, 2.45) is 0 Å². The van der Waals surface area contributed by atoms with Crippen LogP contribution in [0.25, 0.3) is 0 Å². The summed E-state index contributed by atoms with van der Waals surface area (Å²) < 4.78 is 38.3. The lowest BCUT2D eigenvalue weighted by atomic mass is 10.0. The van der Waals surface area contributed by atoms with Gasteiger partial charge >= 0.3 is 6.18 Å². The molecule has 82 valence electrons. The molecule has 0 spiro atoms. The van der Waals surface area contributed by atoms with Crippen LogP contribution in [0.3, 0.4) is 0 Å². The molecule has 0 aromatic heterocycles. The molecule has 0 aliphatic heterocycles. The maximum atomic E-state index is 12.7. The maximum Gasteiger partial charge on any atom is 0.416 e. The summed E-state index contributed by atoms with van der Waals surface area (Å²) in [6, 6.07) is 3.85. The Morgan fingerprint density at radius 2 is 1.87 bits per heavy atom. The van der Waals surface area contributed by atoms with Crippen LogP contribution in [0.15, 0.2) is 22.7 Å². The number of rotatable bonds is 1. The van der Waals surface area contributed by atoms with Crippen LogP contribution in [-0.4, -0.2) is 5.11 Å². The summed E-state index contributed by atoms with van der Waals surface area (Å²) in [5, 5.41) is 9.72. The molecule has 1 nitrogen and oxygen atoms in total. The zero-order chi connectivity index (χ0) is 11.3. The molecule has 0 saturated heterocycles. The Labute approximate surface area is 93.0 Å². The summed E-state index contributed by atoms with van der Waals surface area (Å²) in [5.41, 5.74) is -2.03. The first-order chi connectivity index (χ1) is 6.83. The summed E-state index contributed by atoms with van der Waals surface area (Å²) in [4.78, 5) is 0. The van der Waals surface area contributed by atoms with Gasteiger partial charge in [0.25, 0.3) is 0 Å². The zero-order valence-corrected chi connectivity index (χ0v) is 9.19. The average molecular weight is 281 g/mol. The Kier molecular flexibility index (Phi) is 2.35. The van der Waals surface area contributed by atoms with Crippen LogP contribution in [0.1, 0.15) is 24.0 Å². The molecule has 0 amide bonds. The van der Waals surface area contributed by atoms with Crippen LogP contribution in [0, 0.1) is 0 Å². The van der Waals surface area contributed by atoms with Crippen molar-refractivity contribution < 1.29 is 18.3 Å². The minimum Gasteiger partial charge on any atom is -0.385 e. The largest absolute Gasteiger partial charge is 0.416 e. The molecule has 1 aliphatic rings. The third-order valence-electron chi connectivity index (χ3n) is 2.51. The lowest BCUT2D eigenvalue weighted by Crippen LogP contribution is -2.15. The number of halogens is 4. The van der Waals surface area contributed by atoms with Crippen molar-refractivity contribution in [3.63, 3.8) is 0 Å². The van der Waals surface area contributed by atoms with Crippen LogP contribution < -0.4 is 0 Å². The molecule has 5 heteroatoms. The Bertz CT molecular complexity index is 396. The van der Waals surface area contributed by atoms with E-state index in [2.05, 4.69) is 15.9 Å². The molecule has 1 N–H and O–H groups in total. The first kappa shape index (κ1) is 11.0. The summed E-state index contributed by atoms with van der Waals surface area (Å²) in [6.07, 6.45) is -3.62. The van der Waals surface area contributed by atoms with Gasteiger partial charge in [-0.2, -0.15) is 13.2 Å². The fourth-order valence-electron chi connectivity index (χ4n) is 1.54. The molecule has 0 heterocycles. The van der Waals surface area contributed by atoms with Crippen LogP contribution in [0.5, 0.6) is 0 Å². The van der Waals surface area contributed by atoms with Crippen molar-refractivity contribution in [2.75, 3.05) is 0 Å². The van der Waals surface area contributed by atoms with E-state index in [0.29, 0.717) is 17.3 Å². The summed E-state index contributed by atoms with van der Waals surface area (Å²) in [6.45, 7) is 0. The first-order valence-corrected chi connectivity index (χ1v) is 5.22. The van der Waals surface area contributed by atoms with Gasteiger partial charge in [-0.3, -0.25) is 0 Å². The van der Waals surface area contributed by atoms with Gasteiger partial charge in [-0.25, -0.2) is 0 Å². The second-order valence-electron chi connectivity index (χ2n) is 3.72. The van der Waals surface area contributed by atoms with Gasteiger partial charge in [0.15, 0.2) is 0 Å². The molecule has 0 atom stereocenters. The van der Waals surface area contributed by atoms with Gasteiger partial charge in [0.2, 0.25) is 0 Å². The number of hydrogen-bond donors (Lipinski definition) is 1. The monoisotopic (exact) mass is 280 g/mol. The molecule has 1 aromatic carbocycles. The van der Waals surface area contributed by atoms with Crippen molar-refractivity contribution in [3.8, 4) is 0 Å². The van der Waals surface area contributed by atoms with E-state index < -0.39 is 17.3 Å². The average Bonchev–Trinajstić information content (AvgIpc) is 2.83. The number of alkyl halides is 3. The van der Waals surface area contributed by atoms with Crippen molar-refractivity contribution in [3.05, 3.63) is 33.8 Å². The smallest absolute Gasteiger partial charge is 0.385 e. The molecule has 0 radical (unpaired) electrons. The highest BCUT2D eigenvalue weighted by Gasteiger charge is 2.47. The van der Waals surface area contributed by atoms with E-state index in [1.807, 2.05) is 0 Å². The molecule has 1 aromatic rings. The van der Waals surface area contributed by atoms with Gasteiger partial charge in [0.1, 0.15) is 0 Å². The van der Waals surface area contributed by atoms with Crippen LogP contribution in [0.4, 0.5) is 13.2 Å². The summed E-state index contributed by atoms with van der Waals surface area (Å²) in [5.74, 6) is 0. The number of benzene rings is 1. The van der Waals surface area contributed by atoms with Gasteiger partial charge < -0.3 is 5.11 Å². The Morgan fingerprint density at radius 1 is 1.27 bits per heavy atom. The molecule has 1 saturated carbocycles. The minimum atomic E-state index is -4.42. The van der Waals surface area contributed by atoms with E-state index in [1.54, 1.807) is 0 Å². The Balaban J connectivity index is 2.55. The van der Waals surface area contributed by atoms with Gasteiger partial charge in [-0.15, -0.1) is 0 Å². The Hall–Kier alpha value is -0.550. The molecular weight excluding hydrogens is 273 g/mol. The maximum absolute atomic E-state index is 12.7. The highest BCUT2D eigenvalue weighted by molar-refractivity contribution is 9.10. The fraction of sp³-hybridized carbons (Fsp3) is 0.400. The summed E-state index contributed by atoms with van der Waals surface area (Å²) >= 11 is 2.99. The topological polar surface area (TPSA) is 20.2 Å². The molecule has 1 aliphatic carbocycles. The quantitative estimate of drug-likeness (QED) is 0.836. The van der Waals surface area contributed by atoms with E-state index in [1.165, 1.54) is 12.1 Å². The molecular formula is C10H8BrF3O. The van der Waals surface area contributed by atoms with Crippen molar-refractivity contribution in [1.82, 2.24) is 0 Å². The molecule has 2 rings (SSSR count). The number of aliphatic hydroxyl groups is 1. The normalized spacial score (nSPS) is 19.0. The molecule has 0 unspecified atom stereocenters. The zero-order valence-electron chi connectivity index (χ0n) is 7.61. The second kappa shape index (κ2) is 3.22. The highest BCUT2D eigenvalue weighted by Crippen LogP contribution is 2.49. The predicted molar refractivity (Wildman–Crippen MR) is 52.3 cm³/mol. The highest BCUT2D eigenvalue weighted by atomic mass is 79.9. The number of hydrogen-bond acceptors (Lipinski definition) is 1. The van der Waals surface area contributed by atoms with Crippen molar-refractivity contribution in [2.45, 2.75) is 24.6 Å². The molecule has 15 heavy (non-hydrogen) atoms. The predicted octanol–water partition coefficient (Wildman–Crippen LogP) is 3.45. The van der Waals surface area contributed by atoms with Crippen LogP contribution in [0.2, 0.25) is 0 Å². The van der Waals surface area contributed by atoms with E-state index in [0.717, 1.165) is 6.07 Å². The summed E-state index contributed by atoms with van der Waals surface area (Å²) in [7, 11) is 0. The van der Waals surface area contributed by atoms with Crippen LogP contribution >= 0.6 is 15.9 Å². The second-order valence-corrected chi connectivity index (χ2v) is 4.63. The minimum absolute atomic E-state index is 0.0156. The van der Waals surface area contributed by atoms with E-state index in [-0.39, 0.29) is 5.56 Å². The lowest BCUT2D eigenvalue weighted by Gasteiger charge is -2.16. The van der Waals surface area contributed by atoms with Gasteiger partial charge in [-0.05, 0) is 30.5 Å². The van der Waals surface area contributed by atoms with Crippen LogP contribution in [-0.2, 0) is 11.8 Å².